The molecular weight excluding hydrogens is 314 g/mol. The minimum Gasteiger partial charge on any atom is -0.369 e. The molecule has 1 aliphatic rings. The topological polar surface area (TPSA) is 101 Å². The molecule has 2 aromatic rings. The van der Waals surface area contributed by atoms with Gasteiger partial charge in [-0.2, -0.15) is 8.75 Å². The Hall–Kier alpha value is -2.06. The van der Waals surface area contributed by atoms with Crippen molar-refractivity contribution in [1.82, 2.24) is 19.0 Å². The maximum atomic E-state index is 12.4. The number of rotatable bonds is 5. The Morgan fingerprint density at radius 3 is 3.09 bits per heavy atom. The van der Waals surface area contributed by atoms with Gasteiger partial charge >= 0.3 is 0 Å². The van der Waals surface area contributed by atoms with Crippen LogP contribution in [0.5, 0.6) is 0 Å². The fourth-order valence-corrected chi connectivity index (χ4v) is 3.53. The third kappa shape index (κ3) is 3.83. The molecule has 0 radical (unpaired) electrons. The van der Waals surface area contributed by atoms with Gasteiger partial charge in [-0.1, -0.05) is 12.1 Å². The lowest BCUT2D eigenvalue weighted by Crippen LogP contribution is -2.45. The number of primary amides is 1. The van der Waals surface area contributed by atoms with Crippen molar-refractivity contribution >= 4 is 34.6 Å². The first-order valence-electron chi connectivity index (χ1n) is 7.62. The smallest absolute Gasteiger partial charge is 0.231 e. The molecule has 0 spiro atoms. The molecule has 2 amide bonds. The molecule has 23 heavy (non-hydrogen) atoms. The van der Waals surface area contributed by atoms with Gasteiger partial charge in [0, 0.05) is 18.7 Å². The van der Waals surface area contributed by atoms with Gasteiger partial charge in [0.05, 0.1) is 24.2 Å². The van der Waals surface area contributed by atoms with Crippen molar-refractivity contribution in [2.24, 2.45) is 11.7 Å². The predicted octanol–water partition coefficient (Wildman–Crippen LogP) is 0.505. The van der Waals surface area contributed by atoms with Gasteiger partial charge in [-0.05, 0) is 25.5 Å². The zero-order valence-electron chi connectivity index (χ0n) is 12.7. The molecule has 122 valence electrons. The summed E-state index contributed by atoms with van der Waals surface area (Å²) in [5.41, 5.74) is 7.89. The maximum absolute atomic E-state index is 12.4. The van der Waals surface area contributed by atoms with E-state index < -0.39 is 0 Å². The summed E-state index contributed by atoms with van der Waals surface area (Å²) in [6.45, 7) is 2.05. The highest BCUT2D eigenvalue weighted by Crippen LogP contribution is 2.18. The van der Waals surface area contributed by atoms with Crippen molar-refractivity contribution in [3.63, 3.8) is 0 Å². The number of nitrogens with two attached hydrogens (primary N) is 1. The van der Waals surface area contributed by atoms with Crippen molar-refractivity contribution < 1.29 is 9.59 Å². The number of carbonyl (C=O) groups is 2. The summed E-state index contributed by atoms with van der Waals surface area (Å²) in [4.78, 5) is 25.4. The molecule has 0 aliphatic carbocycles. The van der Waals surface area contributed by atoms with Gasteiger partial charge in [-0.3, -0.25) is 14.5 Å². The molecule has 2 heterocycles. The Morgan fingerprint density at radius 1 is 1.39 bits per heavy atom. The van der Waals surface area contributed by atoms with Crippen LogP contribution in [-0.4, -0.2) is 45.1 Å². The van der Waals surface area contributed by atoms with Crippen molar-refractivity contribution in [2.75, 3.05) is 19.6 Å². The summed E-state index contributed by atoms with van der Waals surface area (Å²) in [6, 6.07) is 5.78. The molecular formula is C15H19N5O2S. The van der Waals surface area contributed by atoms with Gasteiger partial charge in [-0.25, -0.2) is 0 Å². The number of aromatic nitrogens is 2. The fraction of sp³-hybridized carbons (Fsp3) is 0.467. The number of hydrogen-bond donors (Lipinski definition) is 2. The van der Waals surface area contributed by atoms with E-state index in [0.29, 0.717) is 13.1 Å². The predicted molar refractivity (Wildman–Crippen MR) is 87.6 cm³/mol. The normalized spacial score (nSPS) is 18.9. The van der Waals surface area contributed by atoms with E-state index in [-0.39, 0.29) is 24.3 Å². The number of piperidine rings is 1. The molecule has 1 aromatic carbocycles. The summed E-state index contributed by atoms with van der Waals surface area (Å²) < 4.78 is 8.47. The van der Waals surface area contributed by atoms with E-state index >= 15 is 0 Å². The van der Waals surface area contributed by atoms with Crippen LogP contribution in [0.4, 0.5) is 0 Å². The Balaban J connectivity index is 1.58. The van der Waals surface area contributed by atoms with Crippen LogP contribution in [0.25, 0.3) is 11.0 Å². The number of benzene rings is 1. The minimum atomic E-state index is -0.353. The molecule has 7 nitrogen and oxygen atoms in total. The molecule has 8 heteroatoms. The average molecular weight is 333 g/mol. The summed E-state index contributed by atoms with van der Waals surface area (Å²) >= 11 is 1.17. The SMILES string of the molecule is NC(=O)CN1CCC[C@@H](C(=O)NCc2cccc3nsnc23)C1. The second-order valence-electron chi connectivity index (χ2n) is 5.81. The number of nitrogens with one attached hydrogen (secondary N) is 1. The van der Waals surface area contributed by atoms with Crippen LogP contribution in [0.15, 0.2) is 18.2 Å². The Labute approximate surface area is 138 Å². The van der Waals surface area contributed by atoms with Crippen LogP contribution in [-0.2, 0) is 16.1 Å². The summed E-state index contributed by atoms with van der Waals surface area (Å²) in [5.74, 6) is -0.441. The van der Waals surface area contributed by atoms with E-state index in [9.17, 15) is 9.59 Å². The molecule has 1 aliphatic heterocycles. The van der Waals surface area contributed by atoms with E-state index in [0.717, 1.165) is 36.0 Å². The number of hydrogen-bond acceptors (Lipinski definition) is 6. The van der Waals surface area contributed by atoms with Crippen molar-refractivity contribution in [3.05, 3.63) is 23.8 Å². The second kappa shape index (κ2) is 7.01. The average Bonchev–Trinajstić information content (AvgIpc) is 3.01. The highest BCUT2D eigenvalue weighted by atomic mass is 32.1. The van der Waals surface area contributed by atoms with Crippen LogP contribution in [0.3, 0.4) is 0 Å². The van der Waals surface area contributed by atoms with Crippen LogP contribution < -0.4 is 11.1 Å². The third-order valence-electron chi connectivity index (χ3n) is 4.08. The van der Waals surface area contributed by atoms with Crippen LogP contribution in [0.2, 0.25) is 0 Å². The highest BCUT2D eigenvalue weighted by molar-refractivity contribution is 7.00. The van der Waals surface area contributed by atoms with Crippen LogP contribution in [0, 0.1) is 5.92 Å². The first-order chi connectivity index (χ1) is 11.1. The molecule has 1 fully saturated rings. The van der Waals surface area contributed by atoms with Crippen LogP contribution >= 0.6 is 11.7 Å². The number of amides is 2. The van der Waals surface area contributed by atoms with E-state index in [1.165, 1.54) is 11.7 Å². The van der Waals surface area contributed by atoms with Gasteiger partial charge in [-0.15, -0.1) is 0 Å². The molecule has 0 bridgehead atoms. The first-order valence-corrected chi connectivity index (χ1v) is 8.35. The molecule has 0 saturated carbocycles. The largest absolute Gasteiger partial charge is 0.369 e. The minimum absolute atomic E-state index is 0.0133. The molecule has 0 unspecified atom stereocenters. The molecule has 3 rings (SSSR count). The van der Waals surface area contributed by atoms with Gasteiger partial charge in [0.2, 0.25) is 11.8 Å². The lowest BCUT2D eigenvalue weighted by atomic mass is 9.97. The van der Waals surface area contributed by atoms with Gasteiger partial charge < -0.3 is 11.1 Å². The van der Waals surface area contributed by atoms with E-state index in [1.807, 2.05) is 23.1 Å². The molecule has 1 saturated heterocycles. The fourth-order valence-electron chi connectivity index (χ4n) is 2.96. The lowest BCUT2D eigenvalue weighted by Gasteiger charge is -2.30. The highest BCUT2D eigenvalue weighted by Gasteiger charge is 2.26. The van der Waals surface area contributed by atoms with Crippen LogP contribution in [0.1, 0.15) is 18.4 Å². The number of fused-ring (bicyclic) bond motifs is 1. The van der Waals surface area contributed by atoms with E-state index in [1.54, 1.807) is 0 Å². The third-order valence-corrected chi connectivity index (χ3v) is 4.62. The zero-order chi connectivity index (χ0) is 16.2. The standard InChI is InChI=1S/C15H19N5O2S/c16-13(21)9-20-6-2-4-11(8-20)15(22)17-7-10-3-1-5-12-14(10)19-23-18-12/h1,3,5,11H,2,4,6-9H2,(H2,16,21)(H,17,22)/t11-/m1/s1. The molecule has 1 aromatic heterocycles. The molecule has 3 N–H and O–H groups in total. The molecule has 1 atom stereocenters. The lowest BCUT2D eigenvalue weighted by molar-refractivity contribution is -0.128. The van der Waals surface area contributed by atoms with Crippen molar-refractivity contribution in [1.29, 1.82) is 0 Å². The Bertz CT molecular complexity index is 717. The number of likely N-dealkylation sites (tertiary alicyclic amines) is 1. The van der Waals surface area contributed by atoms with E-state index in [4.69, 9.17) is 5.73 Å². The summed E-state index contributed by atoms with van der Waals surface area (Å²) in [6.07, 6.45) is 1.74. The Kier molecular flexibility index (Phi) is 4.82. The van der Waals surface area contributed by atoms with Crippen molar-refractivity contribution in [3.8, 4) is 0 Å². The maximum Gasteiger partial charge on any atom is 0.231 e. The number of nitrogens with zero attached hydrogens (tertiary/aromatic N) is 3. The first kappa shape index (κ1) is 15.8. The van der Waals surface area contributed by atoms with Gasteiger partial charge in [0.1, 0.15) is 11.0 Å². The van der Waals surface area contributed by atoms with Gasteiger partial charge in [0.15, 0.2) is 0 Å². The monoisotopic (exact) mass is 333 g/mol. The quantitative estimate of drug-likeness (QED) is 0.830. The summed E-state index contributed by atoms with van der Waals surface area (Å²) in [7, 11) is 0. The zero-order valence-corrected chi connectivity index (χ0v) is 13.5. The van der Waals surface area contributed by atoms with Gasteiger partial charge in [0.25, 0.3) is 0 Å². The Morgan fingerprint density at radius 2 is 2.26 bits per heavy atom. The summed E-state index contributed by atoms with van der Waals surface area (Å²) in [5, 5.41) is 2.98. The van der Waals surface area contributed by atoms with Crippen molar-refractivity contribution in [2.45, 2.75) is 19.4 Å². The second-order valence-corrected chi connectivity index (χ2v) is 6.34. The number of carbonyl (C=O) groups excluding carboxylic acids is 2. The van der Waals surface area contributed by atoms with E-state index in [2.05, 4.69) is 14.1 Å².